The smallest absolute Gasteiger partial charge is 0.238 e. The number of benzene rings is 1. The van der Waals surface area contributed by atoms with Gasteiger partial charge < -0.3 is 14.8 Å². The fourth-order valence-electron chi connectivity index (χ4n) is 3.31. The zero-order valence-corrected chi connectivity index (χ0v) is 15.6. The summed E-state index contributed by atoms with van der Waals surface area (Å²) in [5, 5.41) is 3.12. The lowest BCUT2D eigenvalue weighted by Crippen LogP contribution is -2.33. The minimum absolute atomic E-state index is 0.112. The number of aromatic nitrogens is 1. The average molecular weight is 376 g/mol. The van der Waals surface area contributed by atoms with E-state index in [1.165, 1.54) is 0 Å². The molecule has 0 spiro atoms. The van der Waals surface area contributed by atoms with Gasteiger partial charge in [-0.25, -0.2) is 4.98 Å². The third-order valence-corrected chi connectivity index (χ3v) is 4.84. The van der Waals surface area contributed by atoms with Gasteiger partial charge in [0, 0.05) is 23.9 Å². The number of halogens is 1. The maximum atomic E-state index is 12.5. The normalized spacial score (nSPS) is 17.1. The number of amides is 1. The number of carbonyl (C=O) groups is 1. The maximum Gasteiger partial charge on any atom is 0.238 e. The van der Waals surface area contributed by atoms with Crippen LogP contribution in [-0.2, 0) is 4.79 Å². The minimum atomic E-state index is -0.112. The van der Waals surface area contributed by atoms with Crippen LogP contribution in [0.4, 0.5) is 5.69 Å². The number of carbonyl (C=O) groups excluding carboxylic acids is 1. The Labute approximate surface area is 158 Å². The Morgan fingerprint density at radius 3 is 2.92 bits per heavy atom. The van der Waals surface area contributed by atoms with E-state index in [4.69, 9.17) is 21.1 Å². The molecule has 3 rings (SSSR count). The zero-order chi connectivity index (χ0) is 18.5. The fourth-order valence-corrected chi connectivity index (χ4v) is 3.48. The van der Waals surface area contributed by atoms with Crippen molar-refractivity contribution in [2.75, 3.05) is 32.6 Å². The van der Waals surface area contributed by atoms with Gasteiger partial charge in [-0.1, -0.05) is 17.7 Å². The second-order valence-corrected chi connectivity index (χ2v) is 6.48. The third-order valence-electron chi connectivity index (χ3n) is 4.54. The van der Waals surface area contributed by atoms with Gasteiger partial charge >= 0.3 is 0 Å². The van der Waals surface area contributed by atoms with Gasteiger partial charge in [-0.2, -0.15) is 0 Å². The molecule has 1 fully saturated rings. The van der Waals surface area contributed by atoms with Gasteiger partial charge in [0.25, 0.3) is 0 Å². The molecular formula is C19H22ClN3O3. The van der Waals surface area contributed by atoms with Crippen molar-refractivity contribution in [3.63, 3.8) is 0 Å². The van der Waals surface area contributed by atoms with Gasteiger partial charge in [0.2, 0.25) is 5.91 Å². The van der Waals surface area contributed by atoms with Crippen LogP contribution in [0.25, 0.3) is 0 Å². The lowest BCUT2D eigenvalue weighted by Gasteiger charge is -2.26. The molecule has 0 unspecified atom stereocenters. The first-order valence-electron chi connectivity index (χ1n) is 8.48. The molecule has 1 N–H and O–H groups in total. The number of nitrogens with zero attached hydrogens (tertiary/aromatic N) is 2. The molecule has 0 radical (unpaired) electrons. The Hall–Kier alpha value is -2.31. The number of hydrogen-bond donors (Lipinski definition) is 1. The number of rotatable bonds is 6. The van der Waals surface area contributed by atoms with Crippen LogP contribution in [0, 0.1) is 0 Å². The highest BCUT2D eigenvalue weighted by Crippen LogP contribution is 2.38. The third kappa shape index (κ3) is 4.08. The maximum absolute atomic E-state index is 12.5. The van der Waals surface area contributed by atoms with Crippen LogP contribution in [0.15, 0.2) is 36.5 Å². The zero-order valence-electron chi connectivity index (χ0n) is 14.9. The highest BCUT2D eigenvalue weighted by atomic mass is 35.5. The highest BCUT2D eigenvalue weighted by Gasteiger charge is 2.30. The predicted molar refractivity (Wildman–Crippen MR) is 101 cm³/mol. The summed E-state index contributed by atoms with van der Waals surface area (Å²) in [4.78, 5) is 18.6. The van der Waals surface area contributed by atoms with Crippen LogP contribution in [0.1, 0.15) is 24.4 Å². The molecule has 2 aromatic rings. The summed E-state index contributed by atoms with van der Waals surface area (Å²) in [6.07, 6.45) is 3.59. The first kappa shape index (κ1) is 18.5. The molecule has 6 nitrogen and oxygen atoms in total. The van der Waals surface area contributed by atoms with Gasteiger partial charge in [0.05, 0.1) is 26.5 Å². The van der Waals surface area contributed by atoms with Gasteiger partial charge in [0.1, 0.15) is 11.5 Å². The van der Waals surface area contributed by atoms with Crippen LogP contribution in [-0.4, -0.2) is 43.1 Å². The minimum Gasteiger partial charge on any atom is -0.497 e. The van der Waals surface area contributed by atoms with E-state index in [9.17, 15) is 4.79 Å². The Kier molecular flexibility index (Phi) is 5.96. The van der Waals surface area contributed by atoms with Crippen LogP contribution >= 0.6 is 11.6 Å². The van der Waals surface area contributed by atoms with Crippen molar-refractivity contribution in [3.05, 3.63) is 47.2 Å². The van der Waals surface area contributed by atoms with Gasteiger partial charge in [0.15, 0.2) is 5.15 Å². The Bertz CT molecular complexity index is 784. The van der Waals surface area contributed by atoms with Crippen LogP contribution in [0.3, 0.4) is 0 Å². The van der Waals surface area contributed by atoms with Crippen LogP contribution < -0.4 is 14.8 Å². The van der Waals surface area contributed by atoms with E-state index in [2.05, 4.69) is 15.2 Å². The lowest BCUT2D eigenvalue weighted by molar-refractivity contribution is -0.117. The van der Waals surface area contributed by atoms with E-state index in [1.54, 1.807) is 32.5 Å². The van der Waals surface area contributed by atoms with E-state index in [1.807, 2.05) is 18.2 Å². The summed E-state index contributed by atoms with van der Waals surface area (Å²) in [6, 6.07) is 9.41. The second-order valence-electron chi connectivity index (χ2n) is 6.13. The number of nitrogens with one attached hydrogen (secondary N) is 1. The number of methoxy groups -OCH3 is 2. The molecule has 1 amide bonds. The van der Waals surface area contributed by atoms with Crippen molar-refractivity contribution >= 4 is 23.2 Å². The van der Waals surface area contributed by atoms with E-state index in [0.29, 0.717) is 5.69 Å². The number of ether oxygens (including phenoxy) is 2. The predicted octanol–water partition coefficient (Wildman–Crippen LogP) is 3.53. The topological polar surface area (TPSA) is 63.7 Å². The molecule has 26 heavy (non-hydrogen) atoms. The summed E-state index contributed by atoms with van der Waals surface area (Å²) in [7, 11) is 3.28. The first-order valence-corrected chi connectivity index (χ1v) is 8.86. The molecule has 1 aliphatic heterocycles. The Morgan fingerprint density at radius 2 is 2.19 bits per heavy atom. The second kappa shape index (κ2) is 8.38. The van der Waals surface area contributed by atoms with Crippen molar-refractivity contribution in [1.82, 2.24) is 9.88 Å². The molecule has 1 aromatic heterocycles. The molecule has 7 heteroatoms. The molecular weight excluding hydrogens is 354 g/mol. The molecule has 1 atom stereocenters. The summed E-state index contributed by atoms with van der Waals surface area (Å²) in [5.41, 5.74) is 1.59. The quantitative estimate of drug-likeness (QED) is 0.782. The monoisotopic (exact) mass is 375 g/mol. The highest BCUT2D eigenvalue weighted by molar-refractivity contribution is 6.32. The van der Waals surface area contributed by atoms with E-state index >= 15 is 0 Å². The number of anilines is 1. The van der Waals surface area contributed by atoms with Gasteiger partial charge in [-0.3, -0.25) is 9.69 Å². The molecule has 138 valence electrons. The lowest BCUT2D eigenvalue weighted by atomic mass is 10.0. The molecule has 1 aromatic carbocycles. The summed E-state index contributed by atoms with van der Waals surface area (Å²) >= 11 is 6.01. The summed E-state index contributed by atoms with van der Waals surface area (Å²) < 4.78 is 10.8. The number of likely N-dealkylation sites (tertiary alicyclic amines) is 1. The van der Waals surface area contributed by atoms with E-state index in [0.717, 1.165) is 36.4 Å². The van der Waals surface area contributed by atoms with Crippen molar-refractivity contribution < 1.29 is 14.3 Å². The van der Waals surface area contributed by atoms with E-state index < -0.39 is 0 Å². The summed E-state index contributed by atoms with van der Waals surface area (Å²) in [5.74, 6) is 1.41. The van der Waals surface area contributed by atoms with Crippen LogP contribution in [0.5, 0.6) is 11.5 Å². The van der Waals surface area contributed by atoms with Crippen molar-refractivity contribution in [2.45, 2.75) is 18.9 Å². The molecule has 1 aliphatic rings. The first-order chi connectivity index (χ1) is 12.6. The van der Waals surface area contributed by atoms with E-state index in [-0.39, 0.29) is 23.6 Å². The summed E-state index contributed by atoms with van der Waals surface area (Å²) in [6.45, 7) is 1.14. The van der Waals surface area contributed by atoms with Crippen molar-refractivity contribution in [3.8, 4) is 11.5 Å². The fraction of sp³-hybridized carbons (Fsp3) is 0.368. The number of hydrogen-bond acceptors (Lipinski definition) is 5. The molecule has 0 saturated carbocycles. The van der Waals surface area contributed by atoms with Crippen molar-refractivity contribution in [1.29, 1.82) is 0 Å². The SMILES string of the molecule is COc1ccc([C@H]2CCCN2CC(=O)Nc2cccnc2Cl)c(OC)c1. The molecule has 0 bridgehead atoms. The van der Waals surface area contributed by atoms with Gasteiger partial charge in [-0.15, -0.1) is 0 Å². The largest absolute Gasteiger partial charge is 0.497 e. The molecule has 0 aliphatic carbocycles. The molecule has 1 saturated heterocycles. The van der Waals surface area contributed by atoms with Crippen LogP contribution in [0.2, 0.25) is 5.15 Å². The van der Waals surface area contributed by atoms with Crippen molar-refractivity contribution in [2.24, 2.45) is 0 Å². The standard InChI is InChI=1S/C19H22ClN3O3/c1-25-13-7-8-14(17(11-13)26-2)16-6-4-10-23(16)12-18(24)22-15-5-3-9-21-19(15)20/h3,5,7-9,11,16H,4,6,10,12H2,1-2H3,(H,22,24)/t16-/m1/s1. The number of pyridine rings is 1. The molecule has 2 heterocycles. The average Bonchev–Trinajstić information content (AvgIpc) is 3.10. The Morgan fingerprint density at radius 1 is 1.35 bits per heavy atom. The van der Waals surface area contributed by atoms with Gasteiger partial charge in [-0.05, 0) is 37.6 Å². The Balaban J connectivity index is 1.72.